The third-order valence-electron chi connectivity index (χ3n) is 3.97. The highest BCUT2D eigenvalue weighted by Gasteiger charge is 2.18. The molecule has 0 amide bonds. The summed E-state index contributed by atoms with van der Waals surface area (Å²) in [5.41, 5.74) is 1.91. The van der Waals surface area contributed by atoms with E-state index < -0.39 is 0 Å². The van der Waals surface area contributed by atoms with Gasteiger partial charge in [-0.05, 0) is 43.7 Å². The smallest absolute Gasteiger partial charge is 0.269 e. The van der Waals surface area contributed by atoms with Gasteiger partial charge in [-0.15, -0.1) is 10.2 Å². The van der Waals surface area contributed by atoms with Gasteiger partial charge in [0.1, 0.15) is 0 Å². The van der Waals surface area contributed by atoms with Gasteiger partial charge in [0.15, 0.2) is 11.0 Å². The quantitative estimate of drug-likeness (QED) is 0.322. The van der Waals surface area contributed by atoms with Crippen molar-refractivity contribution in [2.45, 2.75) is 30.8 Å². The second kappa shape index (κ2) is 7.88. The molecule has 0 unspecified atom stereocenters. The van der Waals surface area contributed by atoms with Crippen LogP contribution in [0.2, 0.25) is 5.02 Å². The van der Waals surface area contributed by atoms with Crippen molar-refractivity contribution in [3.8, 4) is 11.4 Å². The van der Waals surface area contributed by atoms with Crippen LogP contribution in [0.4, 0.5) is 5.69 Å². The molecule has 8 heteroatoms. The molecule has 0 radical (unpaired) electrons. The first-order chi connectivity index (χ1) is 12.5. The minimum Gasteiger partial charge on any atom is -0.302 e. The number of nitro groups is 1. The summed E-state index contributed by atoms with van der Waals surface area (Å²) in [5, 5.41) is 21.1. The largest absolute Gasteiger partial charge is 0.302 e. The zero-order chi connectivity index (χ0) is 18.7. The third kappa shape index (κ3) is 3.89. The molecule has 0 bridgehead atoms. The van der Waals surface area contributed by atoms with Crippen molar-refractivity contribution < 1.29 is 4.92 Å². The molecule has 3 aromatic rings. The summed E-state index contributed by atoms with van der Waals surface area (Å²) in [7, 11) is 0. The summed E-state index contributed by atoms with van der Waals surface area (Å²) in [6.07, 6.45) is 0. The minimum absolute atomic E-state index is 0.00229. The van der Waals surface area contributed by atoms with Crippen LogP contribution in [-0.2, 0) is 6.54 Å². The van der Waals surface area contributed by atoms with E-state index in [4.69, 9.17) is 11.6 Å². The number of benzene rings is 2. The Labute approximate surface area is 160 Å². The molecule has 0 aliphatic heterocycles. The van der Waals surface area contributed by atoms with E-state index >= 15 is 0 Å². The predicted molar refractivity (Wildman–Crippen MR) is 104 cm³/mol. The Morgan fingerprint density at radius 1 is 1.23 bits per heavy atom. The molecule has 2 aromatic carbocycles. The summed E-state index contributed by atoms with van der Waals surface area (Å²) in [6.45, 7) is 4.75. The summed E-state index contributed by atoms with van der Waals surface area (Å²) < 4.78 is 2.03. The van der Waals surface area contributed by atoms with Crippen LogP contribution >= 0.6 is 23.4 Å². The summed E-state index contributed by atoms with van der Waals surface area (Å²) in [4.78, 5) is 10.6. The van der Waals surface area contributed by atoms with E-state index in [1.165, 1.54) is 17.8 Å². The molecule has 0 aliphatic rings. The first-order valence-electron chi connectivity index (χ1n) is 8.09. The van der Waals surface area contributed by atoms with Crippen molar-refractivity contribution in [2.75, 3.05) is 0 Å². The highest BCUT2D eigenvalue weighted by molar-refractivity contribution is 7.99. The Morgan fingerprint density at radius 3 is 2.62 bits per heavy atom. The van der Waals surface area contributed by atoms with Crippen LogP contribution in [0.3, 0.4) is 0 Å². The Kier molecular flexibility index (Phi) is 5.58. The van der Waals surface area contributed by atoms with E-state index in [0.717, 1.165) is 28.7 Å². The van der Waals surface area contributed by atoms with Gasteiger partial charge in [-0.3, -0.25) is 10.1 Å². The van der Waals surface area contributed by atoms with Crippen LogP contribution in [0.15, 0.2) is 53.7 Å². The topological polar surface area (TPSA) is 73.8 Å². The van der Waals surface area contributed by atoms with Gasteiger partial charge in [-0.25, -0.2) is 0 Å². The average molecular weight is 389 g/mol. The van der Waals surface area contributed by atoms with E-state index in [2.05, 4.69) is 10.2 Å². The van der Waals surface area contributed by atoms with Crippen molar-refractivity contribution in [3.63, 3.8) is 0 Å². The fourth-order valence-electron chi connectivity index (χ4n) is 2.59. The molecule has 1 aromatic heterocycles. The van der Waals surface area contributed by atoms with Crippen LogP contribution in [0.1, 0.15) is 24.7 Å². The standard InChI is InChI=1S/C18H17ClN4O2S/c1-3-22-17(13-7-9-15(19)10-8-13)20-21-18(22)26-12(2)14-5-4-6-16(11-14)23(24)25/h4-12H,3H2,1-2H3/t12-/m0/s1. The fraction of sp³-hybridized carbons (Fsp3) is 0.222. The first-order valence-corrected chi connectivity index (χ1v) is 9.35. The number of rotatable bonds is 6. The molecular weight excluding hydrogens is 372 g/mol. The molecule has 0 N–H and O–H groups in total. The Hall–Kier alpha value is -2.38. The van der Waals surface area contributed by atoms with E-state index in [-0.39, 0.29) is 15.9 Å². The number of hydrogen-bond donors (Lipinski definition) is 0. The Balaban J connectivity index is 1.87. The van der Waals surface area contributed by atoms with Crippen molar-refractivity contribution in [3.05, 3.63) is 69.2 Å². The van der Waals surface area contributed by atoms with Crippen molar-refractivity contribution in [2.24, 2.45) is 0 Å². The lowest BCUT2D eigenvalue weighted by molar-refractivity contribution is -0.384. The van der Waals surface area contributed by atoms with Crippen LogP contribution in [-0.4, -0.2) is 19.7 Å². The molecule has 1 heterocycles. The maximum Gasteiger partial charge on any atom is 0.269 e. The van der Waals surface area contributed by atoms with E-state index in [1.807, 2.05) is 48.7 Å². The molecule has 0 aliphatic carbocycles. The molecule has 0 saturated heterocycles. The Morgan fingerprint density at radius 2 is 1.96 bits per heavy atom. The second-order valence-electron chi connectivity index (χ2n) is 5.67. The maximum absolute atomic E-state index is 11.0. The molecule has 134 valence electrons. The van der Waals surface area contributed by atoms with Gasteiger partial charge in [-0.1, -0.05) is 35.5 Å². The molecule has 0 spiro atoms. The molecule has 3 rings (SSSR count). The lowest BCUT2D eigenvalue weighted by Gasteiger charge is -2.12. The van der Waals surface area contributed by atoms with Gasteiger partial charge in [-0.2, -0.15) is 0 Å². The zero-order valence-corrected chi connectivity index (χ0v) is 15.9. The lowest BCUT2D eigenvalue weighted by atomic mass is 10.1. The van der Waals surface area contributed by atoms with Crippen LogP contribution in [0.25, 0.3) is 11.4 Å². The first kappa shape index (κ1) is 18.4. The van der Waals surface area contributed by atoms with E-state index in [9.17, 15) is 10.1 Å². The lowest BCUT2D eigenvalue weighted by Crippen LogP contribution is -2.01. The number of non-ortho nitro benzene ring substituents is 1. The molecule has 6 nitrogen and oxygen atoms in total. The molecule has 1 atom stereocenters. The highest BCUT2D eigenvalue weighted by Crippen LogP contribution is 2.36. The SMILES string of the molecule is CCn1c(S[C@@H](C)c2cccc([N+](=O)[O-])c2)nnc1-c1ccc(Cl)cc1. The summed E-state index contributed by atoms with van der Waals surface area (Å²) in [6, 6.07) is 14.2. The molecule has 0 saturated carbocycles. The van der Waals surface area contributed by atoms with Crippen LogP contribution in [0.5, 0.6) is 0 Å². The van der Waals surface area contributed by atoms with E-state index in [0.29, 0.717) is 5.02 Å². The highest BCUT2D eigenvalue weighted by atomic mass is 35.5. The minimum atomic E-state index is -0.381. The van der Waals surface area contributed by atoms with Crippen LogP contribution < -0.4 is 0 Å². The zero-order valence-electron chi connectivity index (χ0n) is 14.3. The normalized spacial score (nSPS) is 12.1. The number of thioether (sulfide) groups is 1. The van der Waals surface area contributed by atoms with Crippen molar-refractivity contribution in [1.29, 1.82) is 0 Å². The van der Waals surface area contributed by atoms with Gasteiger partial charge >= 0.3 is 0 Å². The monoisotopic (exact) mass is 388 g/mol. The van der Waals surface area contributed by atoms with E-state index in [1.54, 1.807) is 12.1 Å². The molecular formula is C18H17ClN4O2S. The predicted octanol–water partition coefficient (Wildman–Crippen LogP) is 5.38. The fourth-order valence-corrected chi connectivity index (χ4v) is 3.75. The van der Waals surface area contributed by atoms with Crippen molar-refractivity contribution in [1.82, 2.24) is 14.8 Å². The van der Waals surface area contributed by atoms with Gasteiger partial charge in [0.2, 0.25) is 0 Å². The second-order valence-corrected chi connectivity index (χ2v) is 7.41. The van der Waals surface area contributed by atoms with Gasteiger partial charge < -0.3 is 4.57 Å². The van der Waals surface area contributed by atoms with Crippen LogP contribution in [0, 0.1) is 10.1 Å². The number of halogens is 1. The Bertz CT molecular complexity index is 927. The van der Waals surface area contributed by atoms with Gasteiger partial charge in [0, 0.05) is 34.5 Å². The number of hydrogen-bond acceptors (Lipinski definition) is 5. The number of aromatic nitrogens is 3. The molecule has 26 heavy (non-hydrogen) atoms. The average Bonchev–Trinajstić information content (AvgIpc) is 3.04. The summed E-state index contributed by atoms with van der Waals surface area (Å²) >= 11 is 7.48. The van der Waals surface area contributed by atoms with Crippen molar-refractivity contribution >= 4 is 29.1 Å². The van der Waals surface area contributed by atoms with Gasteiger partial charge in [0.25, 0.3) is 5.69 Å². The number of nitro benzene ring substituents is 1. The third-order valence-corrected chi connectivity index (χ3v) is 5.36. The molecule has 0 fully saturated rings. The maximum atomic E-state index is 11.0. The summed E-state index contributed by atoms with van der Waals surface area (Å²) in [5.74, 6) is 0.776. The van der Waals surface area contributed by atoms with Gasteiger partial charge in [0.05, 0.1) is 4.92 Å². The number of nitrogens with zero attached hydrogens (tertiary/aromatic N) is 4.